The van der Waals surface area contributed by atoms with Gasteiger partial charge in [0, 0.05) is 6.54 Å². The summed E-state index contributed by atoms with van der Waals surface area (Å²) < 4.78 is 11.3. The first kappa shape index (κ1) is 20.8. The lowest BCUT2D eigenvalue weighted by Crippen LogP contribution is -2.27. The number of hydrogen-bond donors (Lipinski definition) is 0. The van der Waals surface area contributed by atoms with Gasteiger partial charge in [-0.15, -0.1) is 6.58 Å². The average Bonchev–Trinajstić information content (AvgIpc) is 2.97. The van der Waals surface area contributed by atoms with Gasteiger partial charge in [0.25, 0.3) is 5.91 Å². The van der Waals surface area contributed by atoms with Crippen LogP contribution in [0.3, 0.4) is 0 Å². The highest BCUT2D eigenvalue weighted by Crippen LogP contribution is 2.34. The molecule has 0 aliphatic carbocycles. The van der Waals surface area contributed by atoms with E-state index in [0.29, 0.717) is 32.8 Å². The molecule has 0 spiro atoms. The normalized spacial score (nSPS) is 15.0. The maximum absolute atomic E-state index is 12.5. The van der Waals surface area contributed by atoms with Gasteiger partial charge in [-0.2, -0.15) is 0 Å². The maximum Gasteiger partial charge on any atom is 0.343 e. The zero-order valence-corrected chi connectivity index (χ0v) is 17.6. The molecule has 1 aliphatic heterocycles. The van der Waals surface area contributed by atoms with Crippen molar-refractivity contribution in [1.29, 1.82) is 0 Å². The van der Waals surface area contributed by atoms with Crippen molar-refractivity contribution in [3.8, 4) is 11.5 Å². The van der Waals surface area contributed by atoms with Crippen molar-refractivity contribution >= 4 is 46.3 Å². The van der Waals surface area contributed by atoms with E-state index in [9.17, 15) is 9.59 Å². The van der Waals surface area contributed by atoms with E-state index < -0.39 is 5.97 Å². The van der Waals surface area contributed by atoms with Crippen LogP contribution in [-0.4, -0.2) is 34.8 Å². The lowest BCUT2D eigenvalue weighted by Gasteiger charge is -2.11. The summed E-state index contributed by atoms with van der Waals surface area (Å²) in [5, 5.41) is 0. The van der Waals surface area contributed by atoms with Crippen molar-refractivity contribution in [2.45, 2.75) is 6.92 Å². The molecule has 1 amide bonds. The van der Waals surface area contributed by atoms with Gasteiger partial charge >= 0.3 is 5.97 Å². The third kappa shape index (κ3) is 4.75. The number of esters is 1. The van der Waals surface area contributed by atoms with Crippen LogP contribution in [0.1, 0.15) is 21.5 Å². The molecule has 7 heteroatoms. The van der Waals surface area contributed by atoms with Crippen LogP contribution in [0.5, 0.6) is 11.5 Å². The van der Waals surface area contributed by atoms with E-state index in [1.165, 1.54) is 23.8 Å². The fourth-order valence-electron chi connectivity index (χ4n) is 2.64. The van der Waals surface area contributed by atoms with E-state index in [4.69, 9.17) is 21.7 Å². The van der Waals surface area contributed by atoms with Crippen molar-refractivity contribution in [3.63, 3.8) is 0 Å². The van der Waals surface area contributed by atoms with Crippen molar-refractivity contribution < 1.29 is 19.1 Å². The third-order valence-electron chi connectivity index (χ3n) is 4.16. The highest BCUT2D eigenvalue weighted by atomic mass is 32.2. The molecule has 0 atom stereocenters. The fourth-order valence-corrected chi connectivity index (χ4v) is 3.92. The average molecular weight is 426 g/mol. The Balaban J connectivity index is 1.81. The van der Waals surface area contributed by atoms with Gasteiger partial charge in [0.05, 0.1) is 17.6 Å². The number of nitrogens with zero attached hydrogens (tertiary/aromatic N) is 1. The van der Waals surface area contributed by atoms with E-state index >= 15 is 0 Å². The van der Waals surface area contributed by atoms with Gasteiger partial charge in [-0.3, -0.25) is 9.69 Å². The summed E-state index contributed by atoms with van der Waals surface area (Å²) in [5.41, 5.74) is 2.24. The Morgan fingerprint density at radius 1 is 1.21 bits per heavy atom. The van der Waals surface area contributed by atoms with Crippen LogP contribution in [0.2, 0.25) is 0 Å². The smallest absolute Gasteiger partial charge is 0.343 e. The highest BCUT2D eigenvalue weighted by molar-refractivity contribution is 8.26. The fraction of sp³-hybridized carbons (Fsp3) is 0.136. The van der Waals surface area contributed by atoms with Gasteiger partial charge in [-0.25, -0.2) is 4.79 Å². The summed E-state index contributed by atoms with van der Waals surface area (Å²) in [6, 6.07) is 12.2. The summed E-state index contributed by atoms with van der Waals surface area (Å²) in [6.45, 7) is 5.96. The number of aryl methyl sites for hydroxylation is 1. The third-order valence-corrected chi connectivity index (χ3v) is 5.54. The molecule has 5 nitrogen and oxygen atoms in total. The summed E-state index contributed by atoms with van der Waals surface area (Å²) in [6.07, 6.45) is 3.37. The van der Waals surface area contributed by atoms with Crippen molar-refractivity contribution in [1.82, 2.24) is 4.90 Å². The Morgan fingerprint density at radius 3 is 2.59 bits per heavy atom. The largest absolute Gasteiger partial charge is 0.493 e. The second-order valence-corrected chi connectivity index (χ2v) is 7.92. The Bertz CT molecular complexity index is 1010. The Morgan fingerprint density at radius 2 is 1.93 bits per heavy atom. The highest BCUT2D eigenvalue weighted by Gasteiger charge is 2.31. The lowest BCUT2D eigenvalue weighted by molar-refractivity contribution is -0.121. The molecule has 1 saturated heterocycles. The number of benzene rings is 2. The minimum Gasteiger partial charge on any atom is -0.493 e. The van der Waals surface area contributed by atoms with Crippen molar-refractivity contribution in [3.05, 3.63) is 76.7 Å². The zero-order valence-electron chi connectivity index (χ0n) is 16.0. The number of amides is 1. The van der Waals surface area contributed by atoms with Gasteiger partial charge in [-0.1, -0.05) is 53.8 Å². The van der Waals surface area contributed by atoms with E-state index in [2.05, 4.69) is 6.58 Å². The van der Waals surface area contributed by atoms with E-state index in [1.54, 1.807) is 42.5 Å². The molecular formula is C22H19NO4S2. The molecule has 0 unspecified atom stereocenters. The topological polar surface area (TPSA) is 55.8 Å². The summed E-state index contributed by atoms with van der Waals surface area (Å²) in [4.78, 5) is 26.8. The van der Waals surface area contributed by atoms with Crippen LogP contribution in [-0.2, 0) is 4.79 Å². The number of ether oxygens (including phenoxy) is 2. The molecule has 3 rings (SSSR count). The number of carbonyl (C=O) groups excluding carboxylic acids is 2. The second kappa shape index (κ2) is 9.07. The summed E-state index contributed by atoms with van der Waals surface area (Å²) in [7, 11) is 1.49. The Labute approximate surface area is 179 Å². The molecule has 2 aromatic rings. The number of thiocarbonyl (C=S) groups is 1. The number of rotatable bonds is 6. The van der Waals surface area contributed by atoms with Crippen LogP contribution in [0, 0.1) is 6.92 Å². The predicted octanol–water partition coefficient (Wildman–Crippen LogP) is 4.61. The van der Waals surface area contributed by atoms with Gasteiger partial charge in [0.1, 0.15) is 4.32 Å². The lowest BCUT2D eigenvalue weighted by atomic mass is 10.1. The van der Waals surface area contributed by atoms with Gasteiger partial charge in [-0.05, 0) is 42.8 Å². The van der Waals surface area contributed by atoms with Crippen molar-refractivity contribution in [2.75, 3.05) is 13.7 Å². The molecule has 148 valence electrons. The van der Waals surface area contributed by atoms with Gasteiger partial charge < -0.3 is 9.47 Å². The SMILES string of the molecule is C=CCN1C(=O)C(=Cc2ccc(OC(=O)c3ccc(C)cc3)c(OC)c2)SC1=S. The van der Waals surface area contributed by atoms with E-state index in [0.717, 1.165) is 11.1 Å². The van der Waals surface area contributed by atoms with E-state index in [1.807, 2.05) is 19.1 Å². The number of carbonyl (C=O) groups is 2. The Kier molecular flexibility index (Phi) is 6.51. The molecule has 1 heterocycles. The van der Waals surface area contributed by atoms with E-state index in [-0.39, 0.29) is 5.91 Å². The predicted molar refractivity (Wildman–Crippen MR) is 119 cm³/mol. The minimum atomic E-state index is -0.471. The second-order valence-electron chi connectivity index (χ2n) is 6.25. The Hall–Kier alpha value is -2.90. The van der Waals surface area contributed by atoms with Gasteiger partial charge in [0.15, 0.2) is 11.5 Å². The van der Waals surface area contributed by atoms with Gasteiger partial charge in [0.2, 0.25) is 0 Å². The molecule has 0 bridgehead atoms. The van der Waals surface area contributed by atoms with Crippen molar-refractivity contribution in [2.24, 2.45) is 0 Å². The molecule has 29 heavy (non-hydrogen) atoms. The first-order valence-electron chi connectivity index (χ1n) is 8.76. The standard InChI is InChI=1S/C22H19NO4S2/c1-4-11-23-20(24)19(29-22(23)28)13-15-7-10-17(18(12-15)26-3)27-21(25)16-8-5-14(2)6-9-16/h4-10,12-13H,1,11H2,2-3H3. The first-order valence-corrected chi connectivity index (χ1v) is 9.98. The summed E-state index contributed by atoms with van der Waals surface area (Å²) in [5.74, 6) is 0.0605. The summed E-state index contributed by atoms with van der Waals surface area (Å²) >= 11 is 6.48. The molecule has 0 saturated carbocycles. The van der Waals surface area contributed by atoms with Crippen LogP contribution in [0.4, 0.5) is 0 Å². The molecule has 1 aliphatic rings. The van der Waals surface area contributed by atoms with Crippen LogP contribution < -0.4 is 9.47 Å². The number of hydrogen-bond acceptors (Lipinski definition) is 6. The molecule has 2 aromatic carbocycles. The number of methoxy groups -OCH3 is 1. The molecule has 0 N–H and O–H groups in total. The minimum absolute atomic E-state index is 0.159. The molecule has 0 aromatic heterocycles. The first-order chi connectivity index (χ1) is 13.9. The molecular weight excluding hydrogens is 406 g/mol. The van der Waals surface area contributed by atoms with Crippen LogP contribution in [0.25, 0.3) is 6.08 Å². The monoisotopic (exact) mass is 425 g/mol. The molecule has 1 fully saturated rings. The maximum atomic E-state index is 12.5. The quantitative estimate of drug-likeness (QED) is 0.221. The van der Waals surface area contributed by atoms with Crippen LogP contribution in [0.15, 0.2) is 60.0 Å². The van der Waals surface area contributed by atoms with Crippen LogP contribution >= 0.6 is 24.0 Å². The zero-order chi connectivity index (χ0) is 21.0. The molecule has 0 radical (unpaired) electrons. The number of thioether (sulfide) groups is 1.